The highest BCUT2D eigenvalue weighted by Crippen LogP contribution is 2.38. The summed E-state index contributed by atoms with van der Waals surface area (Å²) in [6, 6.07) is -0.188. The summed E-state index contributed by atoms with van der Waals surface area (Å²) >= 11 is 0. The number of piperidine rings is 1. The number of aromatic nitrogens is 3. The van der Waals surface area contributed by atoms with Gasteiger partial charge in [-0.15, -0.1) is 0 Å². The van der Waals surface area contributed by atoms with Gasteiger partial charge in [-0.25, -0.2) is 45.2 Å². The second-order valence-electron chi connectivity index (χ2n) is 8.82. The SMILES string of the molecule is C[C@@H]1CN(S(C)(=O)=O)CC[C@@H]1Nc1ncc2cc(C(F)F)nc(NC3CCCC3(F)F)c2n1. The number of hydrogen-bond acceptors (Lipinski definition) is 7. The molecule has 1 aliphatic carbocycles. The molecule has 33 heavy (non-hydrogen) atoms. The molecule has 2 aromatic heterocycles. The Kier molecular flexibility index (Phi) is 6.38. The molecule has 3 atom stereocenters. The van der Waals surface area contributed by atoms with Gasteiger partial charge in [0.05, 0.1) is 12.3 Å². The first-order valence-electron chi connectivity index (χ1n) is 10.8. The quantitative estimate of drug-likeness (QED) is 0.597. The predicted molar refractivity (Wildman–Crippen MR) is 116 cm³/mol. The normalized spacial score (nSPS) is 26.1. The minimum Gasteiger partial charge on any atom is -0.359 e. The third-order valence-electron chi connectivity index (χ3n) is 6.28. The highest BCUT2D eigenvalue weighted by atomic mass is 32.2. The molecule has 3 heterocycles. The Balaban J connectivity index is 1.61. The molecule has 13 heteroatoms. The van der Waals surface area contributed by atoms with Crippen molar-refractivity contribution in [2.45, 2.75) is 57.0 Å². The van der Waals surface area contributed by atoms with Crippen LogP contribution < -0.4 is 10.6 Å². The third kappa shape index (κ3) is 5.13. The summed E-state index contributed by atoms with van der Waals surface area (Å²) in [6.45, 7) is 2.59. The Morgan fingerprint density at radius 3 is 2.58 bits per heavy atom. The molecule has 4 rings (SSSR count). The molecule has 182 valence electrons. The Morgan fingerprint density at radius 1 is 1.21 bits per heavy atom. The van der Waals surface area contributed by atoms with E-state index in [-0.39, 0.29) is 47.5 Å². The summed E-state index contributed by atoms with van der Waals surface area (Å²) in [5, 5.41) is 6.08. The molecule has 2 fully saturated rings. The van der Waals surface area contributed by atoms with Gasteiger partial charge in [0.2, 0.25) is 16.0 Å². The maximum atomic E-state index is 14.2. The summed E-state index contributed by atoms with van der Waals surface area (Å²) in [6.07, 6.45) is 0.415. The van der Waals surface area contributed by atoms with Gasteiger partial charge in [-0.2, -0.15) is 0 Å². The number of nitrogens with zero attached hydrogens (tertiary/aromatic N) is 4. The van der Waals surface area contributed by atoms with Gasteiger partial charge in [-0.1, -0.05) is 6.92 Å². The van der Waals surface area contributed by atoms with Gasteiger partial charge in [0.15, 0.2) is 5.82 Å². The molecule has 0 bridgehead atoms. The number of halogens is 4. The molecule has 0 spiro atoms. The van der Waals surface area contributed by atoms with Crippen LogP contribution in [0.4, 0.5) is 29.3 Å². The van der Waals surface area contributed by atoms with E-state index in [2.05, 4.69) is 25.6 Å². The highest BCUT2D eigenvalue weighted by Gasteiger charge is 2.44. The standard InChI is InChI=1S/C20H26F4N6O2S/c1-11-10-30(33(2,31)32)7-5-13(11)27-19-25-9-12-8-14(17(21)22)26-18(16(12)29-19)28-15-4-3-6-20(15,23)24/h8-9,11,13,15,17H,3-7,10H2,1-2H3,(H,26,28)(H,25,27,29)/t11-,13+,15?/m1/s1. The molecule has 0 radical (unpaired) electrons. The molecule has 1 unspecified atom stereocenters. The number of nitrogens with one attached hydrogen (secondary N) is 2. The van der Waals surface area contributed by atoms with Crippen molar-refractivity contribution in [1.82, 2.24) is 19.3 Å². The molecule has 2 aromatic rings. The first-order valence-corrected chi connectivity index (χ1v) is 12.6. The van der Waals surface area contributed by atoms with E-state index in [0.29, 0.717) is 25.9 Å². The van der Waals surface area contributed by atoms with Gasteiger partial charge in [0, 0.05) is 37.1 Å². The lowest BCUT2D eigenvalue weighted by Gasteiger charge is -2.35. The Bertz CT molecular complexity index is 1130. The van der Waals surface area contributed by atoms with Gasteiger partial charge >= 0.3 is 0 Å². The van der Waals surface area contributed by atoms with Crippen LogP contribution in [0.3, 0.4) is 0 Å². The minimum absolute atomic E-state index is 0.0399. The fourth-order valence-electron chi connectivity index (χ4n) is 4.40. The van der Waals surface area contributed by atoms with Crippen LogP contribution in [-0.2, 0) is 10.0 Å². The van der Waals surface area contributed by atoms with E-state index in [0.717, 1.165) is 6.07 Å². The number of pyridine rings is 1. The number of rotatable bonds is 6. The maximum absolute atomic E-state index is 14.2. The average molecular weight is 491 g/mol. The van der Waals surface area contributed by atoms with Crippen molar-refractivity contribution in [3.63, 3.8) is 0 Å². The number of sulfonamides is 1. The van der Waals surface area contributed by atoms with Crippen LogP contribution in [0.5, 0.6) is 0 Å². The molecule has 8 nitrogen and oxygen atoms in total. The lowest BCUT2D eigenvalue weighted by molar-refractivity contribution is -0.000663. The van der Waals surface area contributed by atoms with Crippen molar-refractivity contribution < 1.29 is 26.0 Å². The lowest BCUT2D eigenvalue weighted by atomic mass is 9.95. The third-order valence-corrected chi connectivity index (χ3v) is 7.55. The van der Waals surface area contributed by atoms with Crippen molar-refractivity contribution in [3.05, 3.63) is 18.0 Å². The van der Waals surface area contributed by atoms with Crippen LogP contribution >= 0.6 is 0 Å². The van der Waals surface area contributed by atoms with Crippen LogP contribution in [-0.4, -0.2) is 65.0 Å². The molecule has 0 aromatic carbocycles. The van der Waals surface area contributed by atoms with E-state index in [4.69, 9.17) is 0 Å². The molecule has 2 N–H and O–H groups in total. The van der Waals surface area contributed by atoms with E-state index in [9.17, 15) is 26.0 Å². The van der Waals surface area contributed by atoms with E-state index in [1.807, 2.05) is 6.92 Å². The topological polar surface area (TPSA) is 100 Å². The fourth-order valence-corrected chi connectivity index (χ4v) is 5.34. The van der Waals surface area contributed by atoms with Crippen LogP contribution in [0.15, 0.2) is 12.3 Å². The Morgan fingerprint density at radius 2 is 1.97 bits per heavy atom. The number of alkyl halides is 4. The Hall–Kier alpha value is -2.28. The molecule has 1 saturated heterocycles. The monoisotopic (exact) mass is 490 g/mol. The number of hydrogen-bond donors (Lipinski definition) is 2. The molecular formula is C20H26F4N6O2S. The molecule has 1 aliphatic heterocycles. The first-order chi connectivity index (χ1) is 15.4. The van der Waals surface area contributed by atoms with Crippen LogP contribution in [0, 0.1) is 5.92 Å². The lowest BCUT2D eigenvalue weighted by Crippen LogP contribution is -2.47. The summed E-state index contributed by atoms with van der Waals surface area (Å²) in [5.41, 5.74) is -0.377. The van der Waals surface area contributed by atoms with E-state index in [1.165, 1.54) is 16.8 Å². The second-order valence-corrected chi connectivity index (χ2v) is 10.8. The van der Waals surface area contributed by atoms with Crippen molar-refractivity contribution in [2.75, 3.05) is 30.0 Å². The summed E-state index contributed by atoms with van der Waals surface area (Å²) < 4.78 is 80.1. The van der Waals surface area contributed by atoms with Crippen molar-refractivity contribution in [1.29, 1.82) is 0 Å². The van der Waals surface area contributed by atoms with E-state index in [1.54, 1.807) is 0 Å². The first kappa shape index (κ1) is 23.9. The van der Waals surface area contributed by atoms with Crippen LogP contribution in [0.1, 0.15) is 44.7 Å². The zero-order valence-electron chi connectivity index (χ0n) is 18.2. The second kappa shape index (κ2) is 8.82. The molecule has 0 amide bonds. The van der Waals surface area contributed by atoms with Gasteiger partial charge in [-0.05, 0) is 31.2 Å². The maximum Gasteiger partial charge on any atom is 0.280 e. The van der Waals surface area contributed by atoms with Crippen molar-refractivity contribution >= 4 is 32.7 Å². The zero-order valence-corrected chi connectivity index (χ0v) is 19.0. The summed E-state index contributed by atoms with van der Waals surface area (Å²) in [4.78, 5) is 12.5. The smallest absolute Gasteiger partial charge is 0.280 e. The number of fused-ring (bicyclic) bond motifs is 1. The van der Waals surface area contributed by atoms with Crippen molar-refractivity contribution in [2.24, 2.45) is 5.92 Å². The zero-order chi connectivity index (χ0) is 24.0. The summed E-state index contributed by atoms with van der Waals surface area (Å²) in [5.74, 6) is -2.94. The van der Waals surface area contributed by atoms with Gasteiger partial charge in [0.1, 0.15) is 11.2 Å². The molecule has 1 saturated carbocycles. The minimum atomic E-state index is -3.29. The predicted octanol–water partition coefficient (Wildman–Crippen LogP) is 3.64. The summed E-state index contributed by atoms with van der Waals surface area (Å²) in [7, 11) is -3.29. The van der Waals surface area contributed by atoms with Gasteiger partial charge < -0.3 is 10.6 Å². The van der Waals surface area contributed by atoms with Gasteiger partial charge in [-0.3, -0.25) is 0 Å². The van der Waals surface area contributed by atoms with Crippen molar-refractivity contribution in [3.8, 4) is 0 Å². The van der Waals surface area contributed by atoms with Crippen LogP contribution in [0.2, 0.25) is 0 Å². The molecule has 2 aliphatic rings. The van der Waals surface area contributed by atoms with Crippen LogP contribution in [0.25, 0.3) is 10.9 Å². The average Bonchev–Trinajstić information content (AvgIpc) is 3.06. The molecular weight excluding hydrogens is 464 g/mol. The van der Waals surface area contributed by atoms with E-state index < -0.39 is 34.1 Å². The Labute approximate surface area is 189 Å². The van der Waals surface area contributed by atoms with Gasteiger partial charge in [0.25, 0.3) is 12.3 Å². The highest BCUT2D eigenvalue weighted by molar-refractivity contribution is 7.88. The number of anilines is 2. The largest absolute Gasteiger partial charge is 0.359 e. The van der Waals surface area contributed by atoms with E-state index >= 15 is 0 Å². The fraction of sp³-hybridized carbons (Fsp3) is 0.650.